The number of ether oxygens (including phenoxy) is 3. The molecule has 0 spiro atoms. The molecule has 3 aliphatic rings. The van der Waals surface area contributed by atoms with Crippen LogP contribution in [0.4, 0.5) is 0 Å². The lowest BCUT2D eigenvalue weighted by Crippen LogP contribution is -2.64. The number of aromatic nitrogens is 2. The molecular formula is C24H28N4O6. The summed E-state index contributed by atoms with van der Waals surface area (Å²) in [7, 11) is 1.24. The summed E-state index contributed by atoms with van der Waals surface area (Å²) in [5.74, 6) is -0.135. The van der Waals surface area contributed by atoms with Gasteiger partial charge in [-0.3, -0.25) is 9.59 Å². The summed E-state index contributed by atoms with van der Waals surface area (Å²) in [5, 5.41) is 3.18. The Labute approximate surface area is 197 Å². The van der Waals surface area contributed by atoms with Gasteiger partial charge in [0.15, 0.2) is 17.2 Å². The van der Waals surface area contributed by atoms with E-state index in [-0.39, 0.29) is 43.2 Å². The minimum absolute atomic E-state index is 0.0575. The number of benzene rings is 1. The van der Waals surface area contributed by atoms with Crippen molar-refractivity contribution >= 4 is 17.8 Å². The Morgan fingerprint density at radius 3 is 2.74 bits per heavy atom. The normalized spacial score (nSPS) is 21.8. The van der Waals surface area contributed by atoms with Gasteiger partial charge in [0.05, 0.1) is 20.0 Å². The summed E-state index contributed by atoms with van der Waals surface area (Å²) >= 11 is 0. The predicted molar refractivity (Wildman–Crippen MR) is 119 cm³/mol. The number of methoxy groups -OCH3 is 1. The Morgan fingerprint density at radius 1 is 1.21 bits per heavy atom. The quantitative estimate of drug-likeness (QED) is 0.670. The van der Waals surface area contributed by atoms with Crippen LogP contribution in [0.3, 0.4) is 0 Å². The van der Waals surface area contributed by atoms with Crippen molar-refractivity contribution in [1.82, 2.24) is 19.8 Å². The summed E-state index contributed by atoms with van der Waals surface area (Å²) in [6.07, 6.45) is 6.61. The number of amides is 2. The zero-order valence-corrected chi connectivity index (χ0v) is 19.3. The molecule has 1 N–H and O–H groups in total. The van der Waals surface area contributed by atoms with Crippen LogP contribution in [0.25, 0.3) is 0 Å². The summed E-state index contributed by atoms with van der Waals surface area (Å²) in [6.45, 7) is 2.22. The molecule has 0 unspecified atom stereocenters. The monoisotopic (exact) mass is 468 g/mol. The van der Waals surface area contributed by atoms with E-state index >= 15 is 0 Å². The van der Waals surface area contributed by atoms with Crippen LogP contribution in [-0.4, -0.2) is 57.7 Å². The van der Waals surface area contributed by atoms with Gasteiger partial charge in [-0.15, -0.1) is 0 Å². The van der Waals surface area contributed by atoms with Crippen molar-refractivity contribution in [1.29, 1.82) is 0 Å². The number of hydrogen-bond donors (Lipinski definition) is 1. The molecule has 0 bridgehead atoms. The summed E-state index contributed by atoms with van der Waals surface area (Å²) < 4.78 is 17.3. The van der Waals surface area contributed by atoms with Gasteiger partial charge in [-0.2, -0.15) is 0 Å². The van der Waals surface area contributed by atoms with E-state index in [1.807, 2.05) is 12.1 Å². The van der Waals surface area contributed by atoms with Crippen molar-refractivity contribution in [3.63, 3.8) is 0 Å². The zero-order valence-electron chi connectivity index (χ0n) is 19.3. The van der Waals surface area contributed by atoms with Gasteiger partial charge in [-0.1, -0.05) is 25.3 Å². The number of esters is 1. The van der Waals surface area contributed by atoms with Crippen LogP contribution < -0.4 is 14.8 Å². The van der Waals surface area contributed by atoms with Crippen molar-refractivity contribution in [2.45, 2.75) is 63.7 Å². The van der Waals surface area contributed by atoms with Gasteiger partial charge >= 0.3 is 5.97 Å². The van der Waals surface area contributed by atoms with E-state index in [0.717, 1.165) is 31.2 Å². The molecule has 0 radical (unpaired) electrons. The molecule has 180 valence electrons. The Morgan fingerprint density at radius 2 is 1.97 bits per heavy atom. The fourth-order valence-corrected chi connectivity index (χ4v) is 4.99. The fraction of sp³-hybridized carbons (Fsp3) is 0.500. The van der Waals surface area contributed by atoms with Gasteiger partial charge in [-0.25, -0.2) is 9.78 Å². The van der Waals surface area contributed by atoms with Crippen LogP contribution in [0.1, 0.15) is 65.6 Å². The second-order valence-electron chi connectivity index (χ2n) is 9.22. The maximum Gasteiger partial charge on any atom is 0.359 e. The molecule has 2 aliphatic heterocycles. The lowest BCUT2D eigenvalue weighted by molar-refractivity contribution is -0.134. The highest BCUT2D eigenvalue weighted by Gasteiger charge is 2.49. The van der Waals surface area contributed by atoms with E-state index < -0.39 is 17.4 Å². The Bertz CT molecular complexity index is 1140. The van der Waals surface area contributed by atoms with Crippen LogP contribution in [0.15, 0.2) is 24.5 Å². The van der Waals surface area contributed by atoms with E-state index in [0.29, 0.717) is 11.5 Å². The molecule has 2 amide bonds. The molecule has 1 aromatic carbocycles. The first-order valence-corrected chi connectivity index (χ1v) is 11.6. The molecule has 1 aromatic heterocycles. The minimum Gasteiger partial charge on any atom is -0.464 e. The van der Waals surface area contributed by atoms with Crippen LogP contribution >= 0.6 is 0 Å². The highest BCUT2D eigenvalue weighted by Crippen LogP contribution is 2.35. The average molecular weight is 469 g/mol. The zero-order chi connectivity index (χ0) is 23.9. The molecule has 3 heterocycles. The molecule has 1 fully saturated rings. The number of imidazole rings is 1. The lowest BCUT2D eigenvalue weighted by Gasteiger charge is -2.44. The number of rotatable bonds is 5. The standard InChI is InChI=1S/C24H28N4O6/c1-24(23(31)26-16-6-4-3-5-7-16)12-27-13-25-19(22(30)32-2)20(27)21(29)28(24)11-15-8-9-17-18(10-15)34-14-33-17/h8-10,13,16H,3-7,11-12,14H2,1-2H3,(H,26,31)/t24-/m0/s1. The van der Waals surface area contributed by atoms with Gasteiger partial charge in [0.25, 0.3) is 5.91 Å². The van der Waals surface area contributed by atoms with E-state index in [2.05, 4.69) is 10.3 Å². The molecule has 1 saturated carbocycles. The second-order valence-corrected chi connectivity index (χ2v) is 9.22. The predicted octanol–water partition coefficient (Wildman–Crippen LogP) is 2.26. The summed E-state index contributed by atoms with van der Waals surface area (Å²) in [6, 6.07) is 5.53. The molecule has 10 nitrogen and oxygen atoms in total. The van der Waals surface area contributed by atoms with Crippen molar-refractivity contribution < 1.29 is 28.6 Å². The van der Waals surface area contributed by atoms with Gasteiger partial charge < -0.3 is 29.0 Å². The molecular weight excluding hydrogens is 440 g/mol. The van der Waals surface area contributed by atoms with Crippen molar-refractivity contribution in [2.75, 3.05) is 13.9 Å². The highest BCUT2D eigenvalue weighted by atomic mass is 16.7. The number of fused-ring (bicyclic) bond motifs is 2. The number of hydrogen-bond acceptors (Lipinski definition) is 7. The Hall–Kier alpha value is -3.56. The maximum absolute atomic E-state index is 13.8. The third-order valence-electron chi connectivity index (χ3n) is 6.95. The van der Waals surface area contributed by atoms with E-state index in [1.54, 1.807) is 17.6 Å². The van der Waals surface area contributed by atoms with Crippen LogP contribution in [0.5, 0.6) is 11.5 Å². The first-order chi connectivity index (χ1) is 16.4. The van der Waals surface area contributed by atoms with Gasteiger partial charge in [0.1, 0.15) is 11.2 Å². The van der Waals surface area contributed by atoms with Crippen molar-refractivity contribution in [3.05, 3.63) is 41.5 Å². The molecule has 1 atom stereocenters. The maximum atomic E-state index is 13.8. The fourth-order valence-electron chi connectivity index (χ4n) is 4.99. The van der Waals surface area contributed by atoms with Gasteiger partial charge in [-0.05, 0) is 37.5 Å². The Balaban J connectivity index is 1.51. The van der Waals surface area contributed by atoms with E-state index in [1.165, 1.54) is 24.8 Å². The number of nitrogens with zero attached hydrogens (tertiary/aromatic N) is 3. The Kier molecular flexibility index (Phi) is 5.66. The highest BCUT2D eigenvalue weighted by molar-refractivity contribution is 6.06. The number of carbonyl (C=O) groups is 3. The van der Waals surface area contributed by atoms with Crippen LogP contribution in [0.2, 0.25) is 0 Å². The van der Waals surface area contributed by atoms with Crippen LogP contribution in [0, 0.1) is 0 Å². The molecule has 10 heteroatoms. The van der Waals surface area contributed by atoms with Crippen LogP contribution in [-0.2, 0) is 22.6 Å². The molecule has 0 saturated heterocycles. The molecule has 2 aromatic rings. The summed E-state index contributed by atoms with van der Waals surface area (Å²) in [4.78, 5) is 45.3. The molecule has 1 aliphatic carbocycles. The van der Waals surface area contributed by atoms with E-state index in [4.69, 9.17) is 14.2 Å². The largest absolute Gasteiger partial charge is 0.464 e. The molecule has 5 rings (SSSR count). The lowest BCUT2D eigenvalue weighted by atomic mass is 9.90. The topological polar surface area (TPSA) is 112 Å². The first kappa shape index (κ1) is 22.2. The average Bonchev–Trinajstić information content (AvgIpc) is 3.48. The van der Waals surface area contributed by atoms with Crippen molar-refractivity contribution in [3.8, 4) is 11.5 Å². The SMILES string of the molecule is COC(=O)c1ncn2c1C(=O)N(Cc1ccc3c(c1)OCO3)[C@](C)(C(=O)NC1CCCCC1)C2. The van der Waals surface area contributed by atoms with Crippen molar-refractivity contribution in [2.24, 2.45) is 0 Å². The number of nitrogens with one attached hydrogen (secondary N) is 1. The third-order valence-corrected chi connectivity index (χ3v) is 6.95. The molecule has 34 heavy (non-hydrogen) atoms. The van der Waals surface area contributed by atoms with Gasteiger partial charge in [0.2, 0.25) is 12.7 Å². The van der Waals surface area contributed by atoms with E-state index in [9.17, 15) is 14.4 Å². The summed E-state index contributed by atoms with van der Waals surface area (Å²) in [5.41, 5.74) is -0.346. The first-order valence-electron chi connectivity index (χ1n) is 11.6. The number of carbonyl (C=O) groups excluding carboxylic acids is 3. The smallest absolute Gasteiger partial charge is 0.359 e. The minimum atomic E-state index is -1.19. The van der Waals surface area contributed by atoms with Gasteiger partial charge in [0, 0.05) is 12.6 Å². The second kappa shape index (κ2) is 8.66. The third kappa shape index (κ3) is 3.76.